The van der Waals surface area contributed by atoms with Crippen LogP contribution < -0.4 is 0 Å². The summed E-state index contributed by atoms with van der Waals surface area (Å²) in [6.07, 6.45) is 0. The Bertz CT molecular complexity index is 3820. The van der Waals surface area contributed by atoms with Gasteiger partial charge in [-0.25, -0.2) is 9.97 Å². The Balaban J connectivity index is 1.11. The fourth-order valence-corrected chi connectivity index (χ4v) is 9.88. The van der Waals surface area contributed by atoms with Gasteiger partial charge < -0.3 is 4.57 Å². The summed E-state index contributed by atoms with van der Waals surface area (Å²) >= 11 is 0. The molecule has 0 saturated carbocycles. The van der Waals surface area contributed by atoms with E-state index in [0.29, 0.717) is 5.82 Å². The van der Waals surface area contributed by atoms with Crippen molar-refractivity contribution in [1.29, 1.82) is 0 Å². The zero-order chi connectivity index (χ0) is 38.6. The zero-order valence-corrected chi connectivity index (χ0v) is 31.9. The lowest BCUT2D eigenvalue weighted by Crippen LogP contribution is -1.97. The normalized spacial score (nSPS) is 12.1. The molecule has 0 spiro atoms. The summed E-state index contributed by atoms with van der Waals surface area (Å²) in [6, 6.07) is 72.7. The van der Waals surface area contributed by atoms with Crippen molar-refractivity contribution in [2.24, 2.45) is 0 Å². The number of rotatable bonds is 4. The number of benzene rings is 10. The van der Waals surface area contributed by atoms with Gasteiger partial charge in [-0.1, -0.05) is 152 Å². The fourth-order valence-electron chi connectivity index (χ4n) is 9.88. The SMILES string of the molecule is c1ccc(-c2nc(-c3cc4ccc5cccc6c7cccc8ccc9cccc(c(c3)c4c56)c9c87)cc(-c3ccc4c(c3)c3ccccc3n4-c3ccccc3)n2)cc1. The van der Waals surface area contributed by atoms with E-state index >= 15 is 0 Å². The molecule has 13 rings (SSSR count). The minimum atomic E-state index is 0.703. The number of para-hydroxylation sites is 2. The Morgan fingerprint density at radius 2 is 0.797 bits per heavy atom. The molecule has 0 saturated heterocycles. The molecule has 13 aromatic rings. The van der Waals surface area contributed by atoms with Crippen LogP contribution >= 0.6 is 0 Å². The van der Waals surface area contributed by atoms with Crippen LogP contribution in [0.25, 0.3) is 126 Å². The second-order valence-corrected chi connectivity index (χ2v) is 15.7. The van der Waals surface area contributed by atoms with Gasteiger partial charge in [0.25, 0.3) is 0 Å². The fraction of sp³-hybridized carbons (Fsp3) is 0. The van der Waals surface area contributed by atoms with Crippen molar-refractivity contribution in [2.75, 3.05) is 0 Å². The summed E-state index contributed by atoms with van der Waals surface area (Å²) in [5.74, 6) is 0.703. The highest BCUT2D eigenvalue weighted by Crippen LogP contribution is 2.45. The predicted molar refractivity (Wildman–Crippen MR) is 249 cm³/mol. The van der Waals surface area contributed by atoms with Crippen molar-refractivity contribution in [2.45, 2.75) is 0 Å². The van der Waals surface area contributed by atoms with Crippen molar-refractivity contribution >= 4 is 86.4 Å². The lowest BCUT2D eigenvalue weighted by atomic mass is 9.87. The molecule has 0 atom stereocenters. The van der Waals surface area contributed by atoms with Gasteiger partial charge in [-0.2, -0.15) is 0 Å². The molecule has 3 heteroatoms. The van der Waals surface area contributed by atoms with E-state index in [1.165, 1.54) is 80.9 Å². The maximum atomic E-state index is 5.37. The highest BCUT2D eigenvalue weighted by molar-refractivity contribution is 6.37. The van der Waals surface area contributed by atoms with Gasteiger partial charge in [0.1, 0.15) is 0 Å². The standard InChI is InChI=1S/C56H33N3/c1-3-12-37(13-4-1)56-57-48(38-28-29-51-46(31-38)42-19-7-8-23-50(42)59(51)41-17-5-2-6-18-41)33-49(58-56)40-30-39-27-26-36-15-10-21-44-43-20-9-14-34-24-25-35-16-11-22-45(54(35)52(34)43)47(32-40)55(39)53(36)44/h1-33H. The number of aromatic nitrogens is 3. The van der Waals surface area contributed by atoms with Crippen LogP contribution in [0.3, 0.4) is 0 Å². The maximum Gasteiger partial charge on any atom is 0.160 e. The molecule has 3 nitrogen and oxygen atoms in total. The van der Waals surface area contributed by atoms with Crippen LogP contribution in [0.1, 0.15) is 0 Å². The van der Waals surface area contributed by atoms with Gasteiger partial charge in [0.05, 0.1) is 22.4 Å². The predicted octanol–water partition coefficient (Wildman–Crippen LogP) is 14.9. The van der Waals surface area contributed by atoms with E-state index in [9.17, 15) is 0 Å². The van der Waals surface area contributed by atoms with Crippen LogP contribution in [-0.2, 0) is 0 Å². The lowest BCUT2D eigenvalue weighted by molar-refractivity contribution is 1.18. The van der Waals surface area contributed by atoms with Crippen molar-refractivity contribution in [3.05, 3.63) is 200 Å². The smallest absolute Gasteiger partial charge is 0.160 e. The molecular weight excluding hydrogens is 715 g/mol. The second-order valence-electron chi connectivity index (χ2n) is 15.7. The number of hydrogen-bond acceptors (Lipinski definition) is 2. The second kappa shape index (κ2) is 12.3. The number of fused-ring (bicyclic) bond motifs is 5. The van der Waals surface area contributed by atoms with E-state index in [1.54, 1.807) is 0 Å². The molecule has 0 fully saturated rings. The monoisotopic (exact) mass is 747 g/mol. The largest absolute Gasteiger partial charge is 0.309 e. The molecule has 2 heterocycles. The molecule has 0 amide bonds. The van der Waals surface area contributed by atoms with Gasteiger partial charge in [0.2, 0.25) is 0 Å². The third kappa shape index (κ3) is 4.76. The third-order valence-corrected chi connectivity index (χ3v) is 12.5. The van der Waals surface area contributed by atoms with E-state index in [0.717, 1.165) is 39.3 Å². The van der Waals surface area contributed by atoms with E-state index < -0.39 is 0 Å². The Hall–Kier alpha value is -7.88. The van der Waals surface area contributed by atoms with Crippen LogP contribution in [0.2, 0.25) is 0 Å². The summed E-state index contributed by atoms with van der Waals surface area (Å²) in [5, 5.41) is 17.5. The molecule has 11 aromatic carbocycles. The molecule has 2 aromatic heterocycles. The first kappa shape index (κ1) is 32.2. The van der Waals surface area contributed by atoms with Crippen LogP contribution in [0.5, 0.6) is 0 Å². The van der Waals surface area contributed by atoms with Gasteiger partial charge in [0.15, 0.2) is 5.82 Å². The van der Waals surface area contributed by atoms with Crippen LogP contribution in [0.4, 0.5) is 0 Å². The van der Waals surface area contributed by atoms with Crippen molar-refractivity contribution < 1.29 is 0 Å². The summed E-state index contributed by atoms with van der Waals surface area (Å²) in [5.41, 5.74) is 8.35. The molecule has 0 bridgehead atoms. The molecular formula is C56H33N3. The summed E-state index contributed by atoms with van der Waals surface area (Å²) in [4.78, 5) is 10.7. The van der Waals surface area contributed by atoms with Crippen molar-refractivity contribution in [1.82, 2.24) is 14.5 Å². The first-order valence-electron chi connectivity index (χ1n) is 20.2. The van der Waals surface area contributed by atoms with Crippen LogP contribution in [-0.4, -0.2) is 14.5 Å². The first-order valence-corrected chi connectivity index (χ1v) is 20.2. The Morgan fingerprint density at radius 3 is 1.47 bits per heavy atom. The average Bonchev–Trinajstić information content (AvgIpc) is 3.64. The van der Waals surface area contributed by atoms with Gasteiger partial charge in [-0.3, -0.25) is 0 Å². The molecule has 59 heavy (non-hydrogen) atoms. The van der Waals surface area contributed by atoms with E-state index in [4.69, 9.17) is 9.97 Å². The van der Waals surface area contributed by atoms with Gasteiger partial charge in [0, 0.05) is 33.2 Å². The molecule has 0 N–H and O–H groups in total. The molecule has 272 valence electrons. The quantitative estimate of drug-likeness (QED) is 0.168. The molecule has 0 aliphatic carbocycles. The first-order chi connectivity index (χ1) is 29.2. The Labute approximate surface area is 339 Å². The minimum Gasteiger partial charge on any atom is -0.309 e. The van der Waals surface area contributed by atoms with Crippen molar-refractivity contribution in [3.8, 4) is 39.6 Å². The lowest BCUT2D eigenvalue weighted by Gasteiger charge is -2.17. The Kier molecular flexibility index (Phi) is 6.72. The highest BCUT2D eigenvalue weighted by Gasteiger charge is 2.19. The van der Waals surface area contributed by atoms with Crippen molar-refractivity contribution in [3.63, 3.8) is 0 Å². The van der Waals surface area contributed by atoms with Gasteiger partial charge in [-0.05, 0) is 113 Å². The van der Waals surface area contributed by atoms with E-state index in [1.807, 2.05) is 6.07 Å². The minimum absolute atomic E-state index is 0.703. The summed E-state index contributed by atoms with van der Waals surface area (Å²) in [6.45, 7) is 0. The molecule has 0 aliphatic rings. The Morgan fingerprint density at radius 1 is 0.288 bits per heavy atom. The molecule has 0 unspecified atom stereocenters. The van der Waals surface area contributed by atoms with Gasteiger partial charge >= 0.3 is 0 Å². The summed E-state index contributed by atoms with van der Waals surface area (Å²) in [7, 11) is 0. The van der Waals surface area contributed by atoms with E-state index in [2.05, 4.69) is 199 Å². The summed E-state index contributed by atoms with van der Waals surface area (Å²) < 4.78 is 2.36. The van der Waals surface area contributed by atoms with Crippen LogP contribution in [0.15, 0.2) is 200 Å². The highest BCUT2D eigenvalue weighted by atomic mass is 15.0. The third-order valence-electron chi connectivity index (χ3n) is 12.5. The number of nitrogens with zero attached hydrogens (tertiary/aromatic N) is 3. The zero-order valence-electron chi connectivity index (χ0n) is 31.9. The molecule has 0 radical (unpaired) electrons. The van der Waals surface area contributed by atoms with Gasteiger partial charge in [-0.15, -0.1) is 0 Å². The average molecular weight is 748 g/mol. The topological polar surface area (TPSA) is 30.7 Å². The molecule has 0 aliphatic heterocycles. The van der Waals surface area contributed by atoms with Crippen LogP contribution in [0, 0.1) is 0 Å². The van der Waals surface area contributed by atoms with E-state index in [-0.39, 0.29) is 0 Å². The maximum absolute atomic E-state index is 5.37. The number of hydrogen-bond donors (Lipinski definition) is 0.